The van der Waals surface area contributed by atoms with Crippen LogP contribution < -0.4 is 0 Å². The van der Waals surface area contributed by atoms with E-state index in [1.165, 1.54) is 49.4 Å². The van der Waals surface area contributed by atoms with Crippen molar-refractivity contribution in [2.75, 3.05) is 0 Å². The lowest BCUT2D eigenvalue weighted by atomic mass is 9.86. The van der Waals surface area contributed by atoms with Crippen molar-refractivity contribution in [3.8, 4) is 78.7 Å². The topological polar surface area (TPSA) is 38.7 Å². The first-order valence-electron chi connectivity index (χ1n) is 18.9. The van der Waals surface area contributed by atoms with Crippen molar-refractivity contribution in [1.29, 1.82) is 0 Å². The monoisotopic (exact) mass is 713 g/mol. The standard InChI is InChI=1S/C53H35N3/c1-4-15-37(16-5-1)50-48(45-22-12-23-47(35-45)53-55-51(38-17-6-2-7-18-38)54-52(56-53)39-19-8-3-9-20-39)24-13-25-49(50)46-31-30-43-33-42(28-29-44(43)34-46)41-27-26-36-14-10-11-21-40(36)32-41/h1-35H. The molecular weight excluding hydrogens is 679 g/mol. The van der Waals surface area contributed by atoms with E-state index in [2.05, 4.69) is 152 Å². The molecule has 0 spiro atoms. The predicted octanol–water partition coefficient (Wildman–Crippen LogP) is 13.8. The van der Waals surface area contributed by atoms with E-state index >= 15 is 0 Å². The SMILES string of the molecule is c1ccc(-c2nc(-c3ccccc3)nc(-c3cccc(-c4cccc(-c5ccc6cc(-c7ccc8ccccc8c7)ccc6c5)c4-c4ccccc4)c3)n2)cc1. The van der Waals surface area contributed by atoms with Crippen LogP contribution in [0.4, 0.5) is 0 Å². The summed E-state index contributed by atoms with van der Waals surface area (Å²) in [6.45, 7) is 0. The van der Waals surface area contributed by atoms with Gasteiger partial charge in [-0.3, -0.25) is 0 Å². The summed E-state index contributed by atoms with van der Waals surface area (Å²) < 4.78 is 0. The first-order valence-corrected chi connectivity index (χ1v) is 18.9. The Labute approximate surface area is 326 Å². The summed E-state index contributed by atoms with van der Waals surface area (Å²) in [4.78, 5) is 15.0. The predicted molar refractivity (Wildman–Crippen MR) is 233 cm³/mol. The van der Waals surface area contributed by atoms with Gasteiger partial charge in [0.1, 0.15) is 0 Å². The molecule has 1 heterocycles. The highest BCUT2D eigenvalue weighted by Gasteiger charge is 2.17. The maximum Gasteiger partial charge on any atom is 0.164 e. The Morgan fingerprint density at radius 2 is 0.589 bits per heavy atom. The largest absolute Gasteiger partial charge is 0.208 e. The second-order valence-corrected chi connectivity index (χ2v) is 14.1. The molecule has 0 saturated carbocycles. The third-order valence-electron chi connectivity index (χ3n) is 10.5. The fourth-order valence-corrected chi connectivity index (χ4v) is 7.67. The van der Waals surface area contributed by atoms with Crippen molar-refractivity contribution in [3.63, 3.8) is 0 Å². The molecule has 0 unspecified atom stereocenters. The Bertz CT molecular complexity index is 2950. The second-order valence-electron chi connectivity index (χ2n) is 14.1. The van der Waals surface area contributed by atoms with Crippen molar-refractivity contribution >= 4 is 21.5 Å². The first kappa shape index (κ1) is 33.1. The molecule has 0 N–H and O–H groups in total. The zero-order chi connectivity index (χ0) is 37.3. The van der Waals surface area contributed by atoms with Crippen molar-refractivity contribution in [2.24, 2.45) is 0 Å². The van der Waals surface area contributed by atoms with E-state index in [4.69, 9.17) is 15.0 Å². The number of aromatic nitrogens is 3. The third-order valence-corrected chi connectivity index (χ3v) is 10.5. The summed E-state index contributed by atoms with van der Waals surface area (Å²) in [6.07, 6.45) is 0. The molecule has 3 nitrogen and oxygen atoms in total. The van der Waals surface area contributed by atoms with Gasteiger partial charge in [0, 0.05) is 16.7 Å². The van der Waals surface area contributed by atoms with Gasteiger partial charge in [-0.1, -0.05) is 188 Å². The molecule has 262 valence electrons. The minimum absolute atomic E-state index is 0.634. The van der Waals surface area contributed by atoms with Crippen LogP contribution in [-0.4, -0.2) is 15.0 Å². The Balaban J connectivity index is 1.08. The van der Waals surface area contributed by atoms with Gasteiger partial charge in [-0.15, -0.1) is 0 Å². The Kier molecular flexibility index (Phi) is 8.51. The molecule has 0 atom stereocenters. The van der Waals surface area contributed by atoms with Gasteiger partial charge < -0.3 is 0 Å². The molecule has 1 aromatic heterocycles. The van der Waals surface area contributed by atoms with Gasteiger partial charge in [0.05, 0.1) is 0 Å². The molecule has 10 aromatic rings. The first-order chi connectivity index (χ1) is 27.7. The van der Waals surface area contributed by atoms with E-state index in [9.17, 15) is 0 Å². The van der Waals surface area contributed by atoms with Crippen molar-refractivity contribution in [1.82, 2.24) is 15.0 Å². The fraction of sp³-hybridized carbons (Fsp3) is 0. The minimum Gasteiger partial charge on any atom is -0.208 e. The second kappa shape index (κ2) is 14.4. The third kappa shape index (κ3) is 6.42. The summed E-state index contributed by atoms with van der Waals surface area (Å²) in [6, 6.07) is 75.0. The molecule has 0 aliphatic rings. The molecule has 9 aromatic carbocycles. The van der Waals surface area contributed by atoms with Crippen molar-refractivity contribution in [2.45, 2.75) is 0 Å². The number of rotatable bonds is 7. The molecule has 3 heteroatoms. The zero-order valence-electron chi connectivity index (χ0n) is 30.5. The lowest BCUT2D eigenvalue weighted by molar-refractivity contribution is 1.07. The number of nitrogens with zero attached hydrogens (tertiary/aromatic N) is 3. The molecule has 10 rings (SSSR count). The highest BCUT2D eigenvalue weighted by atomic mass is 15.0. The van der Waals surface area contributed by atoms with Crippen LogP contribution in [0, 0.1) is 0 Å². The van der Waals surface area contributed by atoms with Gasteiger partial charge in [-0.05, 0) is 90.3 Å². The summed E-state index contributed by atoms with van der Waals surface area (Å²) in [5.74, 6) is 1.93. The lowest BCUT2D eigenvalue weighted by Crippen LogP contribution is -2.00. The molecule has 0 radical (unpaired) electrons. The van der Waals surface area contributed by atoms with Crippen LogP contribution in [0.3, 0.4) is 0 Å². The number of fused-ring (bicyclic) bond motifs is 2. The summed E-state index contributed by atoms with van der Waals surface area (Å²) in [7, 11) is 0. The van der Waals surface area contributed by atoms with Crippen LogP contribution in [0.2, 0.25) is 0 Å². The summed E-state index contributed by atoms with van der Waals surface area (Å²) in [5.41, 5.74) is 12.2. The minimum atomic E-state index is 0.634. The van der Waals surface area contributed by atoms with Crippen LogP contribution in [0.15, 0.2) is 212 Å². The van der Waals surface area contributed by atoms with Gasteiger partial charge >= 0.3 is 0 Å². The number of hydrogen-bond acceptors (Lipinski definition) is 3. The highest BCUT2D eigenvalue weighted by Crippen LogP contribution is 2.42. The van der Waals surface area contributed by atoms with Crippen LogP contribution in [0.5, 0.6) is 0 Å². The van der Waals surface area contributed by atoms with Gasteiger partial charge in [0.25, 0.3) is 0 Å². The molecule has 0 amide bonds. The average Bonchev–Trinajstić information content (AvgIpc) is 3.29. The smallest absolute Gasteiger partial charge is 0.164 e. The molecule has 0 aliphatic carbocycles. The van der Waals surface area contributed by atoms with Crippen LogP contribution >= 0.6 is 0 Å². The zero-order valence-corrected chi connectivity index (χ0v) is 30.5. The van der Waals surface area contributed by atoms with Crippen molar-refractivity contribution < 1.29 is 0 Å². The maximum atomic E-state index is 5.03. The highest BCUT2D eigenvalue weighted by molar-refractivity contribution is 5.98. The fourth-order valence-electron chi connectivity index (χ4n) is 7.67. The number of hydrogen-bond donors (Lipinski definition) is 0. The molecule has 56 heavy (non-hydrogen) atoms. The van der Waals surface area contributed by atoms with Gasteiger partial charge in [0.2, 0.25) is 0 Å². The van der Waals surface area contributed by atoms with E-state index < -0.39 is 0 Å². The average molecular weight is 714 g/mol. The molecular formula is C53H35N3. The van der Waals surface area contributed by atoms with Crippen LogP contribution in [-0.2, 0) is 0 Å². The van der Waals surface area contributed by atoms with E-state index in [-0.39, 0.29) is 0 Å². The number of benzene rings is 9. The van der Waals surface area contributed by atoms with E-state index in [1.54, 1.807) is 0 Å². The quantitative estimate of drug-likeness (QED) is 0.165. The normalized spacial score (nSPS) is 11.2. The van der Waals surface area contributed by atoms with Gasteiger partial charge in [-0.25, -0.2) is 15.0 Å². The molecule has 0 aliphatic heterocycles. The molecule has 0 bridgehead atoms. The Morgan fingerprint density at radius 3 is 1.18 bits per heavy atom. The Morgan fingerprint density at radius 1 is 0.214 bits per heavy atom. The Hall–Kier alpha value is -7.49. The van der Waals surface area contributed by atoms with Gasteiger partial charge in [0.15, 0.2) is 17.5 Å². The lowest BCUT2D eigenvalue weighted by Gasteiger charge is -2.17. The molecule has 0 fully saturated rings. The van der Waals surface area contributed by atoms with Crippen LogP contribution in [0.1, 0.15) is 0 Å². The summed E-state index contributed by atoms with van der Waals surface area (Å²) >= 11 is 0. The maximum absolute atomic E-state index is 5.03. The van der Waals surface area contributed by atoms with Crippen LogP contribution in [0.25, 0.3) is 100 Å². The molecule has 0 saturated heterocycles. The van der Waals surface area contributed by atoms with Gasteiger partial charge in [-0.2, -0.15) is 0 Å². The van der Waals surface area contributed by atoms with Crippen molar-refractivity contribution in [3.05, 3.63) is 212 Å². The van der Waals surface area contributed by atoms with E-state index in [0.29, 0.717) is 17.5 Å². The van der Waals surface area contributed by atoms with E-state index in [1.807, 2.05) is 60.7 Å². The summed E-state index contributed by atoms with van der Waals surface area (Å²) in [5, 5.41) is 4.93. The van der Waals surface area contributed by atoms with E-state index in [0.717, 1.165) is 33.4 Å².